The van der Waals surface area contributed by atoms with Crippen molar-refractivity contribution in [2.45, 2.75) is 20.8 Å². The third-order valence-electron chi connectivity index (χ3n) is 3.44. The Morgan fingerprint density at radius 1 is 1.14 bits per heavy atom. The summed E-state index contributed by atoms with van der Waals surface area (Å²) in [6, 6.07) is 5.94. The molecule has 0 spiro atoms. The fourth-order valence-electron chi connectivity index (χ4n) is 2.47. The number of aromatic nitrogens is 4. The highest BCUT2D eigenvalue weighted by atomic mass is 35.5. The van der Waals surface area contributed by atoms with Crippen molar-refractivity contribution in [2.24, 2.45) is 0 Å². The average Bonchev–Trinajstić information content (AvgIpc) is 2.75. The molecular weight excluding hydrogens is 288 g/mol. The number of hydrogen-bond acceptors (Lipinski definition) is 4. The molecule has 0 bridgehead atoms. The third-order valence-corrected chi connectivity index (χ3v) is 3.68. The van der Waals surface area contributed by atoms with Gasteiger partial charge < -0.3 is 4.74 Å². The van der Waals surface area contributed by atoms with Crippen molar-refractivity contribution in [3.63, 3.8) is 0 Å². The standard InChI is InChI=1S/C15H15ClN4O/c1-8-7-11(21-4)5-6-12(8)13-9(2)19-20-14(13)17-10(3)18-15(20)16/h5-7H,1-4H3. The van der Waals surface area contributed by atoms with Gasteiger partial charge in [-0.3, -0.25) is 0 Å². The van der Waals surface area contributed by atoms with Crippen LogP contribution < -0.4 is 4.74 Å². The van der Waals surface area contributed by atoms with E-state index in [-0.39, 0.29) is 0 Å². The van der Waals surface area contributed by atoms with E-state index in [2.05, 4.69) is 15.1 Å². The van der Waals surface area contributed by atoms with Gasteiger partial charge in [0.25, 0.3) is 0 Å². The van der Waals surface area contributed by atoms with Crippen LogP contribution in [0.3, 0.4) is 0 Å². The molecule has 6 heteroatoms. The van der Waals surface area contributed by atoms with Gasteiger partial charge in [-0.2, -0.15) is 9.61 Å². The van der Waals surface area contributed by atoms with Crippen molar-refractivity contribution in [1.29, 1.82) is 0 Å². The Morgan fingerprint density at radius 2 is 1.90 bits per heavy atom. The highest BCUT2D eigenvalue weighted by Gasteiger charge is 2.17. The van der Waals surface area contributed by atoms with Crippen molar-refractivity contribution in [1.82, 2.24) is 19.6 Å². The van der Waals surface area contributed by atoms with Crippen LogP contribution in [0.5, 0.6) is 5.75 Å². The summed E-state index contributed by atoms with van der Waals surface area (Å²) in [7, 11) is 1.66. The lowest BCUT2D eigenvalue weighted by Gasteiger charge is -2.08. The minimum atomic E-state index is 0.318. The molecule has 0 radical (unpaired) electrons. The van der Waals surface area contributed by atoms with Crippen LogP contribution in [-0.4, -0.2) is 26.7 Å². The predicted octanol–water partition coefficient (Wildman–Crippen LogP) is 3.38. The fraction of sp³-hybridized carbons (Fsp3) is 0.267. The molecule has 0 aliphatic carbocycles. The maximum absolute atomic E-state index is 6.15. The van der Waals surface area contributed by atoms with Crippen molar-refractivity contribution in [3.8, 4) is 16.9 Å². The van der Waals surface area contributed by atoms with Crippen LogP contribution in [0.1, 0.15) is 17.1 Å². The second kappa shape index (κ2) is 5.00. The Kier molecular flexibility index (Phi) is 3.29. The number of aryl methyl sites for hydroxylation is 3. The van der Waals surface area contributed by atoms with Gasteiger partial charge in [-0.25, -0.2) is 9.97 Å². The second-order valence-corrected chi connectivity index (χ2v) is 5.25. The monoisotopic (exact) mass is 302 g/mol. The Morgan fingerprint density at radius 3 is 2.57 bits per heavy atom. The van der Waals surface area contributed by atoms with E-state index in [1.807, 2.05) is 39.0 Å². The first-order valence-electron chi connectivity index (χ1n) is 6.55. The molecule has 2 aromatic heterocycles. The number of methoxy groups -OCH3 is 1. The largest absolute Gasteiger partial charge is 0.497 e. The van der Waals surface area contributed by atoms with Gasteiger partial charge in [0, 0.05) is 5.56 Å². The zero-order valence-electron chi connectivity index (χ0n) is 12.3. The smallest absolute Gasteiger partial charge is 0.227 e. The average molecular weight is 303 g/mol. The van der Waals surface area contributed by atoms with E-state index in [0.717, 1.165) is 33.8 Å². The SMILES string of the molecule is COc1ccc(-c2c(C)nn3c(Cl)nc(C)nc23)c(C)c1. The molecule has 0 aliphatic rings. The Hall–Kier alpha value is -2.14. The van der Waals surface area contributed by atoms with E-state index in [1.165, 1.54) is 0 Å². The number of hydrogen-bond donors (Lipinski definition) is 0. The molecule has 0 amide bonds. The number of ether oxygens (including phenoxy) is 1. The molecule has 0 saturated heterocycles. The number of nitrogens with zero attached hydrogens (tertiary/aromatic N) is 4. The molecule has 0 unspecified atom stereocenters. The van der Waals surface area contributed by atoms with Gasteiger partial charge in [0.15, 0.2) is 5.65 Å². The molecule has 21 heavy (non-hydrogen) atoms. The van der Waals surface area contributed by atoms with E-state index >= 15 is 0 Å². The fourth-order valence-corrected chi connectivity index (χ4v) is 2.71. The molecule has 0 fully saturated rings. The van der Waals surface area contributed by atoms with Gasteiger partial charge in [0.05, 0.1) is 12.8 Å². The molecule has 3 aromatic rings. The zero-order chi connectivity index (χ0) is 15.1. The molecule has 2 heterocycles. The lowest BCUT2D eigenvalue weighted by molar-refractivity contribution is 0.414. The molecule has 1 aromatic carbocycles. The summed E-state index contributed by atoms with van der Waals surface area (Å²) in [5.74, 6) is 1.45. The van der Waals surface area contributed by atoms with Gasteiger partial charge in [-0.1, -0.05) is 6.07 Å². The molecule has 0 atom stereocenters. The second-order valence-electron chi connectivity index (χ2n) is 4.92. The Labute approximate surface area is 127 Å². The first kappa shape index (κ1) is 13.8. The molecule has 0 aliphatic heterocycles. The molecule has 3 rings (SSSR count). The number of fused-ring (bicyclic) bond motifs is 1. The summed E-state index contributed by atoms with van der Waals surface area (Å²) >= 11 is 6.15. The predicted molar refractivity (Wildman–Crippen MR) is 82.0 cm³/mol. The van der Waals surface area contributed by atoms with Crippen LogP contribution in [0.4, 0.5) is 0 Å². The topological polar surface area (TPSA) is 52.3 Å². The number of rotatable bonds is 2. The van der Waals surface area contributed by atoms with E-state index in [4.69, 9.17) is 16.3 Å². The van der Waals surface area contributed by atoms with Gasteiger partial charge in [0.2, 0.25) is 5.28 Å². The molecular formula is C15H15ClN4O. The Bertz CT molecular complexity index is 841. The maximum Gasteiger partial charge on any atom is 0.227 e. The quantitative estimate of drug-likeness (QED) is 0.728. The summed E-state index contributed by atoms with van der Waals surface area (Å²) in [6.07, 6.45) is 0. The van der Waals surface area contributed by atoms with E-state index in [9.17, 15) is 0 Å². The molecule has 108 valence electrons. The first-order chi connectivity index (χ1) is 10.0. The third kappa shape index (κ3) is 2.23. The van der Waals surface area contributed by atoms with Crippen LogP contribution in [0.2, 0.25) is 5.28 Å². The Balaban J connectivity index is 2.32. The molecule has 0 saturated carbocycles. The minimum Gasteiger partial charge on any atom is -0.497 e. The number of halogens is 1. The van der Waals surface area contributed by atoms with Gasteiger partial charge >= 0.3 is 0 Å². The maximum atomic E-state index is 6.15. The van der Waals surface area contributed by atoms with E-state index < -0.39 is 0 Å². The van der Waals surface area contributed by atoms with Crippen LogP contribution >= 0.6 is 11.6 Å². The highest BCUT2D eigenvalue weighted by molar-refractivity contribution is 6.28. The van der Waals surface area contributed by atoms with Crippen molar-refractivity contribution in [2.75, 3.05) is 7.11 Å². The van der Waals surface area contributed by atoms with Crippen LogP contribution in [0, 0.1) is 20.8 Å². The normalized spacial score (nSPS) is 11.1. The minimum absolute atomic E-state index is 0.318. The summed E-state index contributed by atoms with van der Waals surface area (Å²) in [6.45, 7) is 5.80. The first-order valence-corrected chi connectivity index (χ1v) is 6.93. The van der Waals surface area contributed by atoms with E-state index in [1.54, 1.807) is 11.6 Å². The molecule has 0 N–H and O–H groups in total. The van der Waals surface area contributed by atoms with Crippen LogP contribution in [-0.2, 0) is 0 Å². The lowest BCUT2D eigenvalue weighted by atomic mass is 10.0. The molecule has 5 nitrogen and oxygen atoms in total. The van der Waals surface area contributed by atoms with E-state index in [0.29, 0.717) is 11.1 Å². The summed E-state index contributed by atoms with van der Waals surface area (Å²) in [5, 5.41) is 4.76. The van der Waals surface area contributed by atoms with Crippen LogP contribution in [0.25, 0.3) is 16.8 Å². The summed E-state index contributed by atoms with van der Waals surface area (Å²) < 4.78 is 6.83. The van der Waals surface area contributed by atoms with Crippen LogP contribution in [0.15, 0.2) is 18.2 Å². The van der Waals surface area contributed by atoms with Gasteiger partial charge in [-0.05, 0) is 55.6 Å². The highest BCUT2D eigenvalue weighted by Crippen LogP contribution is 2.32. The lowest BCUT2D eigenvalue weighted by Crippen LogP contribution is -1.99. The van der Waals surface area contributed by atoms with Gasteiger partial charge in [0.1, 0.15) is 11.6 Å². The van der Waals surface area contributed by atoms with Crippen molar-refractivity contribution in [3.05, 3.63) is 40.6 Å². The van der Waals surface area contributed by atoms with Crippen molar-refractivity contribution >= 4 is 17.2 Å². The summed E-state index contributed by atoms with van der Waals surface area (Å²) in [5.41, 5.74) is 4.73. The number of benzene rings is 1. The zero-order valence-corrected chi connectivity index (χ0v) is 13.1. The summed E-state index contributed by atoms with van der Waals surface area (Å²) in [4.78, 5) is 8.63. The van der Waals surface area contributed by atoms with Gasteiger partial charge in [-0.15, -0.1) is 0 Å². The van der Waals surface area contributed by atoms with Crippen molar-refractivity contribution < 1.29 is 4.74 Å².